The molecule has 0 heterocycles. The summed E-state index contributed by atoms with van der Waals surface area (Å²) < 4.78 is 118. The molecule has 45 heavy (non-hydrogen) atoms. The highest BCUT2D eigenvalue weighted by Gasteiger charge is 2.35. The van der Waals surface area contributed by atoms with Crippen molar-refractivity contribution in [3.05, 3.63) is 98.9 Å². The molecule has 5 rings (SSSR count). The minimum absolute atomic E-state index is 0.00229. The second kappa shape index (κ2) is 14.1. The number of benzene rings is 3. The van der Waals surface area contributed by atoms with Gasteiger partial charge in [-0.1, -0.05) is 31.9 Å². The zero-order valence-corrected chi connectivity index (χ0v) is 25.3. The number of aryl methyl sites for hydroxylation is 1. The number of hydrogen-bond donors (Lipinski definition) is 0. The fourth-order valence-corrected chi connectivity index (χ4v) is 7.22. The molecule has 0 saturated heterocycles. The van der Waals surface area contributed by atoms with Gasteiger partial charge in [-0.05, 0) is 135 Å². The molecule has 0 amide bonds. The molecule has 2 aliphatic rings. The standard InChI is InChI=1S/C36H38F8O/c1-2-3-4-5-22-19-30(37)28(31(38)20-22)17-7-21-6-16-27-29(18-21)34(40)35(41)32(33(27)39)25-10-8-23(9-11-25)24-12-14-26(15-13-24)45-36(42,43)44/h12-15,19-21,23,25H,2-11,16-18H2,1H3. The van der Waals surface area contributed by atoms with Gasteiger partial charge in [0.15, 0.2) is 11.6 Å². The number of ether oxygens (including phenoxy) is 1. The fraction of sp³-hybridized carbons (Fsp3) is 0.500. The Kier molecular flexibility index (Phi) is 10.4. The Bertz CT molecular complexity index is 1450. The molecule has 0 radical (unpaired) electrons. The van der Waals surface area contributed by atoms with E-state index in [1.54, 1.807) is 12.1 Å². The number of hydrogen-bond acceptors (Lipinski definition) is 1. The van der Waals surface area contributed by atoms with Gasteiger partial charge < -0.3 is 4.74 Å². The third kappa shape index (κ3) is 7.83. The highest BCUT2D eigenvalue weighted by Crippen LogP contribution is 2.45. The second-order valence-corrected chi connectivity index (χ2v) is 12.6. The van der Waals surface area contributed by atoms with Crippen molar-refractivity contribution in [3.63, 3.8) is 0 Å². The van der Waals surface area contributed by atoms with E-state index in [0.717, 1.165) is 24.8 Å². The summed E-state index contributed by atoms with van der Waals surface area (Å²) in [7, 11) is 0. The largest absolute Gasteiger partial charge is 0.573 e. The Balaban J connectivity index is 1.22. The Hall–Kier alpha value is -3.10. The maximum absolute atomic E-state index is 15.8. The van der Waals surface area contributed by atoms with Crippen LogP contribution in [0.1, 0.15) is 110 Å². The molecule has 3 aromatic carbocycles. The molecule has 1 nitrogen and oxygen atoms in total. The molecule has 0 aromatic heterocycles. The predicted molar refractivity (Wildman–Crippen MR) is 157 cm³/mol. The maximum atomic E-state index is 15.8. The topological polar surface area (TPSA) is 9.23 Å². The molecule has 0 N–H and O–H groups in total. The van der Waals surface area contributed by atoms with Crippen molar-refractivity contribution in [1.29, 1.82) is 0 Å². The molecule has 0 bridgehead atoms. The SMILES string of the molecule is CCCCCc1cc(F)c(CCC2CCc3c(F)c(C4CCC(c5ccc(OC(F)(F)F)cc5)CC4)c(F)c(F)c3C2)c(F)c1. The molecule has 0 spiro atoms. The van der Waals surface area contributed by atoms with E-state index >= 15 is 13.2 Å². The third-order valence-corrected chi connectivity index (χ3v) is 9.65. The zero-order chi connectivity index (χ0) is 32.3. The highest BCUT2D eigenvalue weighted by molar-refractivity contribution is 5.41. The van der Waals surface area contributed by atoms with Crippen LogP contribution in [0.5, 0.6) is 5.75 Å². The molecule has 3 aromatic rings. The molecule has 0 aliphatic heterocycles. The van der Waals surface area contributed by atoms with Crippen molar-refractivity contribution in [2.24, 2.45) is 5.92 Å². The molecule has 1 atom stereocenters. The van der Waals surface area contributed by atoms with Crippen LogP contribution in [0.3, 0.4) is 0 Å². The fourth-order valence-electron chi connectivity index (χ4n) is 7.22. The van der Waals surface area contributed by atoms with Crippen LogP contribution in [-0.4, -0.2) is 6.36 Å². The minimum Gasteiger partial charge on any atom is -0.406 e. The van der Waals surface area contributed by atoms with Crippen molar-refractivity contribution in [2.45, 2.75) is 109 Å². The van der Waals surface area contributed by atoms with Crippen LogP contribution in [0.2, 0.25) is 0 Å². The number of unbranched alkanes of at least 4 members (excludes halogenated alkanes) is 2. The summed E-state index contributed by atoms with van der Waals surface area (Å²) in [5.41, 5.74) is 1.42. The lowest BCUT2D eigenvalue weighted by Gasteiger charge is -2.32. The van der Waals surface area contributed by atoms with Gasteiger partial charge in [-0.3, -0.25) is 0 Å². The van der Waals surface area contributed by atoms with Crippen molar-refractivity contribution in [2.75, 3.05) is 0 Å². The van der Waals surface area contributed by atoms with E-state index in [9.17, 15) is 22.0 Å². The quantitative estimate of drug-likeness (QED) is 0.122. The van der Waals surface area contributed by atoms with Crippen LogP contribution >= 0.6 is 0 Å². The molecule has 244 valence electrons. The third-order valence-electron chi connectivity index (χ3n) is 9.65. The van der Waals surface area contributed by atoms with Crippen molar-refractivity contribution < 1.29 is 39.9 Å². The summed E-state index contributed by atoms with van der Waals surface area (Å²) in [6, 6.07) is 8.39. The van der Waals surface area contributed by atoms with Crippen molar-refractivity contribution >= 4 is 0 Å². The number of halogens is 8. The first-order valence-electron chi connectivity index (χ1n) is 16.0. The Morgan fingerprint density at radius 1 is 0.733 bits per heavy atom. The Morgan fingerprint density at radius 2 is 1.38 bits per heavy atom. The van der Waals surface area contributed by atoms with Crippen LogP contribution in [0, 0.1) is 35.0 Å². The van der Waals surface area contributed by atoms with Gasteiger partial charge in [-0.25, -0.2) is 22.0 Å². The molecule has 2 aliphatic carbocycles. The lowest BCUT2D eigenvalue weighted by molar-refractivity contribution is -0.274. The van der Waals surface area contributed by atoms with E-state index in [1.807, 2.05) is 0 Å². The van der Waals surface area contributed by atoms with E-state index in [-0.39, 0.29) is 59.1 Å². The predicted octanol–water partition coefficient (Wildman–Crippen LogP) is 11.2. The average Bonchev–Trinajstić information content (AvgIpc) is 3.00. The monoisotopic (exact) mass is 638 g/mol. The van der Waals surface area contributed by atoms with Gasteiger partial charge >= 0.3 is 6.36 Å². The molecule has 1 saturated carbocycles. The van der Waals surface area contributed by atoms with Gasteiger partial charge in [0.1, 0.15) is 23.2 Å². The zero-order valence-electron chi connectivity index (χ0n) is 25.3. The molecule has 9 heteroatoms. The van der Waals surface area contributed by atoms with E-state index in [2.05, 4.69) is 11.7 Å². The molecular formula is C36H38F8O. The minimum atomic E-state index is -4.78. The van der Waals surface area contributed by atoms with Crippen molar-refractivity contribution in [1.82, 2.24) is 0 Å². The lowest BCUT2D eigenvalue weighted by Crippen LogP contribution is -2.23. The van der Waals surface area contributed by atoms with E-state index in [4.69, 9.17) is 0 Å². The summed E-state index contributed by atoms with van der Waals surface area (Å²) in [5.74, 6) is -5.08. The first kappa shape index (κ1) is 33.3. The van der Waals surface area contributed by atoms with Gasteiger partial charge in [0, 0.05) is 11.1 Å². The van der Waals surface area contributed by atoms with E-state index in [1.165, 1.54) is 24.3 Å². The molecular weight excluding hydrogens is 600 g/mol. The highest BCUT2D eigenvalue weighted by atomic mass is 19.4. The van der Waals surface area contributed by atoms with Gasteiger partial charge in [0.25, 0.3) is 0 Å². The van der Waals surface area contributed by atoms with Crippen LogP contribution in [0.25, 0.3) is 0 Å². The Labute approximate surface area is 259 Å². The first-order valence-corrected chi connectivity index (χ1v) is 16.0. The van der Waals surface area contributed by atoms with E-state index in [0.29, 0.717) is 50.5 Å². The molecule has 1 unspecified atom stereocenters. The average molecular weight is 639 g/mol. The van der Waals surface area contributed by atoms with Gasteiger partial charge in [-0.2, -0.15) is 0 Å². The summed E-state index contributed by atoms with van der Waals surface area (Å²) in [5, 5.41) is 0. The van der Waals surface area contributed by atoms with Crippen LogP contribution in [-0.2, 0) is 25.7 Å². The number of fused-ring (bicyclic) bond motifs is 1. The normalized spacial score (nSPS) is 20.2. The van der Waals surface area contributed by atoms with E-state index < -0.39 is 41.4 Å². The van der Waals surface area contributed by atoms with Crippen LogP contribution in [0.4, 0.5) is 35.1 Å². The number of rotatable bonds is 10. The summed E-state index contributed by atoms with van der Waals surface area (Å²) in [6.07, 6.45) is 1.95. The van der Waals surface area contributed by atoms with Crippen LogP contribution in [0.15, 0.2) is 36.4 Å². The molecule has 1 fully saturated rings. The summed E-state index contributed by atoms with van der Waals surface area (Å²) in [4.78, 5) is 0. The second-order valence-electron chi connectivity index (χ2n) is 12.6. The maximum Gasteiger partial charge on any atom is 0.573 e. The van der Waals surface area contributed by atoms with Gasteiger partial charge in [0.05, 0.1) is 0 Å². The van der Waals surface area contributed by atoms with Crippen molar-refractivity contribution in [3.8, 4) is 5.75 Å². The summed E-state index contributed by atoms with van der Waals surface area (Å²) >= 11 is 0. The summed E-state index contributed by atoms with van der Waals surface area (Å²) in [6.45, 7) is 2.06. The smallest absolute Gasteiger partial charge is 0.406 e. The Morgan fingerprint density at radius 3 is 2.00 bits per heavy atom. The lowest BCUT2D eigenvalue weighted by atomic mass is 9.73. The van der Waals surface area contributed by atoms with Gasteiger partial charge in [-0.15, -0.1) is 13.2 Å². The number of alkyl halides is 3. The van der Waals surface area contributed by atoms with Gasteiger partial charge in [0.2, 0.25) is 0 Å². The van der Waals surface area contributed by atoms with Crippen LogP contribution < -0.4 is 4.74 Å². The first-order chi connectivity index (χ1) is 21.4.